The topological polar surface area (TPSA) is 43.1 Å². The smallest absolute Gasteiger partial charge is 0.204 e. The van der Waals surface area contributed by atoms with Crippen molar-refractivity contribution in [3.05, 3.63) is 22.3 Å². The van der Waals surface area contributed by atoms with Crippen molar-refractivity contribution in [1.82, 2.24) is 0 Å². The number of unbranched alkanes of at least 4 members (excludes halogenated alkanes) is 1. The maximum atomic E-state index is 9.74. The van der Waals surface area contributed by atoms with E-state index in [1.54, 1.807) is 0 Å². The standard InChI is InChI=1S/C6H11NO2/c1-2-3-4-5-6-7(8)9/h2-3H,4-6H2,1H3/b3-2+. The minimum Gasteiger partial charge on any atom is -0.265 e. The SMILES string of the molecule is C/C=C/CCC[N+](=O)[O-]. The highest BCUT2D eigenvalue weighted by atomic mass is 16.6. The third-order valence-corrected chi connectivity index (χ3v) is 0.947. The van der Waals surface area contributed by atoms with Gasteiger partial charge in [0, 0.05) is 11.3 Å². The maximum Gasteiger partial charge on any atom is 0.204 e. The summed E-state index contributed by atoms with van der Waals surface area (Å²) in [6.45, 7) is 2.00. The molecule has 0 aromatic rings. The molecule has 0 saturated carbocycles. The predicted molar refractivity (Wildman–Crippen MR) is 35.9 cm³/mol. The third kappa shape index (κ3) is 7.14. The summed E-state index contributed by atoms with van der Waals surface area (Å²) in [5, 5.41) is 9.74. The quantitative estimate of drug-likeness (QED) is 0.250. The fraction of sp³-hybridized carbons (Fsp3) is 0.667. The van der Waals surface area contributed by atoms with Crippen molar-refractivity contribution in [2.75, 3.05) is 6.54 Å². The molecule has 0 spiro atoms. The molecule has 3 nitrogen and oxygen atoms in total. The van der Waals surface area contributed by atoms with E-state index in [0.29, 0.717) is 6.42 Å². The van der Waals surface area contributed by atoms with Gasteiger partial charge >= 0.3 is 0 Å². The Morgan fingerprint density at radius 2 is 2.33 bits per heavy atom. The summed E-state index contributed by atoms with van der Waals surface area (Å²) in [5.74, 6) is 0. The van der Waals surface area contributed by atoms with Gasteiger partial charge in [-0.15, -0.1) is 0 Å². The second-order valence-corrected chi connectivity index (χ2v) is 1.77. The first-order valence-electron chi connectivity index (χ1n) is 3.00. The Bertz CT molecular complexity index is 110. The van der Waals surface area contributed by atoms with E-state index in [-0.39, 0.29) is 11.5 Å². The molecule has 0 unspecified atom stereocenters. The fourth-order valence-corrected chi connectivity index (χ4v) is 0.505. The highest BCUT2D eigenvalue weighted by molar-refractivity contribution is 4.75. The molecule has 0 aliphatic carbocycles. The normalized spacial score (nSPS) is 10.3. The lowest BCUT2D eigenvalue weighted by atomic mass is 10.3. The van der Waals surface area contributed by atoms with Crippen LogP contribution in [0.15, 0.2) is 12.2 Å². The molecule has 3 heteroatoms. The Hall–Kier alpha value is -0.860. The van der Waals surface area contributed by atoms with Gasteiger partial charge in [-0.05, 0) is 13.3 Å². The molecule has 0 heterocycles. The highest BCUT2D eigenvalue weighted by Crippen LogP contribution is 1.89. The molecule has 0 rings (SSSR count). The fourth-order valence-electron chi connectivity index (χ4n) is 0.505. The number of nitro groups is 1. The summed E-state index contributed by atoms with van der Waals surface area (Å²) in [4.78, 5) is 9.46. The molecule has 0 aliphatic heterocycles. The van der Waals surface area contributed by atoms with Crippen LogP contribution in [-0.4, -0.2) is 11.5 Å². The van der Waals surface area contributed by atoms with Gasteiger partial charge in [0.15, 0.2) is 0 Å². The Labute approximate surface area is 54.5 Å². The summed E-state index contributed by atoms with van der Waals surface area (Å²) in [5.41, 5.74) is 0. The van der Waals surface area contributed by atoms with E-state index in [1.807, 2.05) is 19.1 Å². The molecule has 0 fully saturated rings. The zero-order valence-corrected chi connectivity index (χ0v) is 5.54. The molecule has 52 valence electrons. The van der Waals surface area contributed by atoms with Crippen LogP contribution in [0.25, 0.3) is 0 Å². The zero-order chi connectivity index (χ0) is 7.11. The van der Waals surface area contributed by atoms with Gasteiger partial charge in [-0.25, -0.2) is 0 Å². The van der Waals surface area contributed by atoms with Gasteiger partial charge in [0.2, 0.25) is 6.54 Å². The molecule has 0 radical (unpaired) electrons. The van der Waals surface area contributed by atoms with Gasteiger partial charge in [-0.1, -0.05) is 12.2 Å². The molecular formula is C6H11NO2. The molecule has 0 amide bonds. The van der Waals surface area contributed by atoms with E-state index in [1.165, 1.54) is 0 Å². The van der Waals surface area contributed by atoms with Crippen LogP contribution in [0.5, 0.6) is 0 Å². The molecule has 0 bridgehead atoms. The zero-order valence-electron chi connectivity index (χ0n) is 5.54. The summed E-state index contributed by atoms with van der Waals surface area (Å²) >= 11 is 0. The average Bonchev–Trinajstić information content (AvgIpc) is 1.80. The molecule has 9 heavy (non-hydrogen) atoms. The highest BCUT2D eigenvalue weighted by Gasteiger charge is 1.91. The van der Waals surface area contributed by atoms with Crippen LogP contribution in [0, 0.1) is 10.1 Å². The van der Waals surface area contributed by atoms with Crippen LogP contribution < -0.4 is 0 Å². The van der Waals surface area contributed by atoms with E-state index < -0.39 is 0 Å². The van der Waals surface area contributed by atoms with E-state index in [9.17, 15) is 10.1 Å². The molecule has 0 saturated heterocycles. The minimum atomic E-state index is -0.288. The lowest BCUT2D eigenvalue weighted by Crippen LogP contribution is -1.98. The van der Waals surface area contributed by atoms with E-state index in [2.05, 4.69) is 0 Å². The van der Waals surface area contributed by atoms with Crippen molar-refractivity contribution >= 4 is 0 Å². The molecule has 0 atom stereocenters. The van der Waals surface area contributed by atoms with E-state index in [4.69, 9.17) is 0 Å². The van der Waals surface area contributed by atoms with Crippen molar-refractivity contribution in [3.8, 4) is 0 Å². The lowest BCUT2D eigenvalue weighted by molar-refractivity contribution is -0.480. The van der Waals surface area contributed by atoms with E-state index in [0.717, 1.165) is 6.42 Å². The first kappa shape index (κ1) is 8.14. The summed E-state index contributed by atoms with van der Waals surface area (Å²) < 4.78 is 0. The monoisotopic (exact) mass is 129 g/mol. The van der Waals surface area contributed by atoms with Crippen molar-refractivity contribution in [1.29, 1.82) is 0 Å². The van der Waals surface area contributed by atoms with Gasteiger partial charge in [0.25, 0.3) is 0 Å². The first-order chi connectivity index (χ1) is 4.27. The van der Waals surface area contributed by atoms with Crippen molar-refractivity contribution in [2.45, 2.75) is 19.8 Å². The van der Waals surface area contributed by atoms with Crippen molar-refractivity contribution in [2.24, 2.45) is 0 Å². The largest absolute Gasteiger partial charge is 0.265 e. The van der Waals surface area contributed by atoms with Crippen LogP contribution in [0.1, 0.15) is 19.8 Å². The molecule has 0 aromatic carbocycles. The summed E-state index contributed by atoms with van der Waals surface area (Å²) in [6.07, 6.45) is 5.30. The maximum absolute atomic E-state index is 9.74. The number of allylic oxidation sites excluding steroid dienone is 2. The molecule has 0 aliphatic rings. The molecule has 0 aromatic heterocycles. The summed E-state index contributed by atoms with van der Waals surface area (Å²) in [6, 6.07) is 0. The summed E-state index contributed by atoms with van der Waals surface area (Å²) in [7, 11) is 0. The van der Waals surface area contributed by atoms with Crippen LogP contribution >= 0.6 is 0 Å². The Balaban J connectivity index is 3.01. The Kier molecular flexibility index (Phi) is 4.78. The van der Waals surface area contributed by atoms with Crippen LogP contribution in [-0.2, 0) is 0 Å². The van der Waals surface area contributed by atoms with Gasteiger partial charge in [-0.2, -0.15) is 0 Å². The number of hydrogen-bond acceptors (Lipinski definition) is 2. The molecular weight excluding hydrogens is 118 g/mol. The number of hydrogen-bond donors (Lipinski definition) is 0. The van der Waals surface area contributed by atoms with Crippen LogP contribution in [0.3, 0.4) is 0 Å². The van der Waals surface area contributed by atoms with E-state index >= 15 is 0 Å². The van der Waals surface area contributed by atoms with Crippen LogP contribution in [0.2, 0.25) is 0 Å². The molecule has 0 N–H and O–H groups in total. The Morgan fingerprint density at radius 1 is 1.67 bits per heavy atom. The average molecular weight is 129 g/mol. The third-order valence-electron chi connectivity index (χ3n) is 0.947. The van der Waals surface area contributed by atoms with Gasteiger partial charge in [0.05, 0.1) is 0 Å². The van der Waals surface area contributed by atoms with Gasteiger partial charge in [0.1, 0.15) is 0 Å². The van der Waals surface area contributed by atoms with Gasteiger partial charge < -0.3 is 0 Å². The van der Waals surface area contributed by atoms with Crippen molar-refractivity contribution < 1.29 is 4.92 Å². The minimum absolute atomic E-state index is 0.0876. The number of nitrogens with zero attached hydrogens (tertiary/aromatic N) is 1. The second kappa shape index (κ2) is 5.28. The number of rotatable bonds is 4. The first-order valence-corrected chi connectivity index (χ1v) is 3.00. The predicted octanol–water partition coefficient (Wildman–Crippen LogP) is 1.62. The lowest BCUT2D eigenvalue weighted by Gasteiger charge is -1.87. The van der Waals surface area contributed by atoms with Crippen molar-refractivity contribution in [3.63, 3.8) is 0 Å². The second-order valence-electron chi connectivity index (χ2n) is 1.77. The van der Waals surface area contributed by atoms with Gasteiger partial charge in [-0.3, -0.25) is 10.1 Å². The van der Waals surface area contributed by atoms with Crippen LogP contribution in [0.4, 0.5) is 0 Å². The Morgan fingerprint density at radius 3 is 2.78 bits per heavy atom.